The molecule has 1 fully saturated rings. The van der Waals surface area contributed by atoms with Crippen LogP contribution in [0.15, 0.2) is 22.7 Å². The number of aromatic nitrogens is 1. The van der Waals surface area contributed by atoms with E-state index in [9.17, 15) is 9.18 Å². The second-order valence-electron chi connectivity index (χ2n) is 8.77. The normalized spacial score (nSPS) is 15.5. The highest BCUT2D eigenvalue weighted by Crippen LogP contribution is 2.32. The van der Waals surface area contributed by atoms with Crippen LogP contribution in [0.4, 0.5) is 4.39 Å². The van der Waals surface area contributed by atoms with Gasteiger partial charge in [0.05, 0.1) is 12.3 Å². The van der Waals surface area contributed by atoms with Crippen LogP contribution in [0.5, 0.6) is 0 Å². The summed E-state index contributed by atoms with van der Waals surface area (Å²) < 4.78 is 24.1. The molecule has 5 nitrogen and oxygen atoms in total. The van der Waals surface area contributed by atoms with E-state index in [0.717, 1.165) is 62.8 Å². The van der Waals surface area contributed by atoms with Crippen LogP contribution in [-0.4, -0.2) is 42.3 Å². The van der Waals surface area contributed by atoms with E-state index in [-0.39, 0.29) is 11.8 Å². The minimum Gasteiger partial charge on any atom is -0.466 e. The zero-order valence-corrected chi connectivity index (χ0v) is 18.9. The topological polar surface area (TPSA) is 55.6 Å². The fraction of sp³-hybridized carbons (Fsp3) is 0.680. The first-order valence-electron chi connectivity index (χ1n) is 12.1. The van der Waals surface area contributed by atoms with Crippen LogP contribution in [-0.2, 0) is 9.53 Å². The molecule has 0 saturated carbocycles. The fourth-order valence-corrected chi connectivity index (χ4v) is 4.43. The Kier molecular flexibility index (Phi) is 9.79. The fourth-order valence-electron chi connectivity index (χ4n) is 4.43. The van der Waals surface area contributed by atoms with Gasteiger partial charge < -0.3 is 14.2 Å². The van der Waals surface area contributed by atoms with Crippen molar-refractivity contribution >= 4 is 16.9 Å². The number of esters is 1. The first kappa shape index (κ1) is 23.7. The van der Waals surface area contributed by atoms with Gasteiger partial charge in [0.15, 0.2) is 5.58 Å². The molecule has 6 heteroatoms. The van der Waals surface area contributed by atoms with E-state index in [1.807, 2.05) is 0 Å². The van der Waals surface area contributed by atoms with E-state index < -0.39 is 0 Å². The molecule has 1 aliphatic rings. The predicted molar refractivity (Wildman–Crippen MR) is 121 cm³/mol. The molecule has 1 aliphatic heterocycles. The molecule has 172 valence electrons. The Bertz CT molecular complexity index is 799. The number of piperidine rings is 1. The average molecular weight is 433 g/mol. The Balaban J connectivity index is 1.25. The van der Waals surface area contributed by atoms with Crippen LogP contribution < -0.4 is 0 Å². The number of carbonyl (C=O) groups excluding carboxylic acids is 1. The lowest BCUT2D eigenvalue weighted by molar-refractivity contribution is -0.144. The van der Waals surface area contributed by atoms with Gasteiger partial charge >= 0.3 is 5.97 Å². The lowest BCUT2D eigenvalue weighted by atomic mass is 9.91. The molecule has 0 radical (unpaired) electrons. The zero-order valence-electron chi connectivity index (χ0n) is 18.9. The largest absolute Gasteiger partial charge is 0.466 e. The van der Waals surface area contributed by atoms with Crippen molar-refractivity contribution in [1.82, 2.24) is 10.1 Å². The molecule has 0 aliphatic carbocycles. The van der Waals surface area contributed by atoms with Gasteiger partial charge in [-0.15, -0.1) is 0 Å². The van der Waals surface area contributed by atoms with Crippen molar-refractivity contribution in [1.29, 1.82) is 0 Å². The number of rotatable bonds is 13. The highest BCUT2D eigenvalue weighted by Gasteiger charge is 2.25. The molecule has 0 amide bonds. The molecular weight excluding hydrogens is 395 g/mol. The Hall–Kier alpha value is -1.95. The van der Waals surface area contributed by atoms with Crippen molar-refractivity contribution in [2.45, 2.75) is 83.5 Å². The maximum Gasteiger partial charge on any atom is 0.305 e. The summed E-state index contributed by atoms with van der Waals surface area (Å²) in [5.74, 6) is -0.00231. The minimum absolute atomic E-state index is 0.0541. The third-order valence-corrected chi connectivity index (χ3v) is 6.30. The number of nitrogens with zero attached hydrogens (tertiary/aromatic N) is 2. The maximum atomic E-state index is 13.3. The molecule has 0 N–H and O–H groups in total. The SMILES string of the molecule is CCCCCCCCCC(=O)OCCCN1CCC(c2noc3cc(F)ccc23)CC1. The summed E-state index contributed by atoms with van der Waals surface area (Å²) in [4.78, 5) is 14.3. The number of carbonyl (C=O) groups is 1. The number of ether oxygens (including phenoxy) is 1. The van der Waals surface area contributed by atoms with Crippen LogP contribution in [0.2, 0.25) is 0 Å². The number of hydrogen-bond donors (Lipinski definition) is 0. The van der Waals surface area contributed by atoms with E-state index in [1.165, 1.54) is 44.2 Å². The molecule has 1 aromatic carbocycles. The standard InChI is InChI=1S/C25H37FN2O3/c1-2-3-4-5-6-7-8-10-24(29)30-18-9-15-28-16-13-20(14-17-28)25-22-12-11-21(26)19-23(22)31-27-25/h11-12,19-20H,2-10,13-18H2,1H3. The third kappa shape index (κ3) is 7.60. The Morgan fingerprint density at radius 2 is 1.87 bits per heavy atom. The van der Waals surface area contributed by atoms with Crippen LogP contribution in [0.25, 0.3) is 11.0 Å². The van der Waals surface area contributed by atoms with Crippen LogP contribution in [0.1, 0.15) is 89.2 Å². The summed E-state index contributed by atoms with van der Waals surface area (Å²) in [5, 5.41) is 5.14. The zero-order chi connectivity index (χ0) is 21.9. The number of hydrogen-bond acceptors (Lipinski definition) is 5. The van der Waals surface area contributed by atoms with E-state index >= 15 is 0 Å². The molecule has 3 rings (SSSR count). The summed E-state index contributed by atoms with van der Waals surface area (Å²) in [6, 6.07) is 4.63. The number of benzene rings is 1. The van der Waals surface area contributed by atoms with Gasteiger partial charge in [-0.05, 0) is 50.9 Å². The van der Waals surface area contributed by atoms with Crippen molar-refractivity contribution in [2.75, 3.05) is 26.2 Å². The van der Waals surface area contributed by atoms with Gasteiger partial charge in [-0.2, -0.15) is 0 Å². The maximum absolute atomic E-state index is 13.3. The van der Waals surface area contributed by atoms with Gasteiger partial charge in [-0.3, -0.25) is 4.79 Å². The van der Waals surface area contributed by atoms with Crippen LogP contribution >= 0.6 is 0 Å². The van der Waals surface area contributed by atoms with Gasteiger partial charge in [0.2, 0.25) is 0 Å². The molecule has 0 unspecified atom stereocenters. The molecule has 1 saturated heterocycles. The molecule has 2 heterocycles. The summed E-state index contributed by atoms with van der Waals surface area (Å²) >= 11 is 0. The number of likely N-dealkylation sites (tertiary alicyclic amines) is 1. The van der Waals surface area contributed by atoms with Crippen LogP contribution in [0, 0.1) is 5.82 Å². The number of fused-ring (bicyclic) bond motifs is 1. The Morgan fingerprint density at radius 3 is 2.65 bits per heavy atom. The van der Waals surface area contributed by atoms with Gasteiger partial charge in [0.1, 0.15) is 5.82 Å². The summed E-state index contributed by atoms with van der Waals surface area (Å²) in [5.41, 5.74) is 1.48. The van der Waals surface area contributed by atoms with E-state index in [4.69, 9.17) is 9.26 Å². The second-order valence-corrected chi connectivity index (χ2v) is 8.77. The number of halogens is 1. The van der Waals surface area contributed by atoms with Crippen LogP contribution in [0.3, 0.4) is 0 Å². The summed E-state index contributed by atoms with van der Waals surface area (Å²) in [7, 11) is 0. The second kappa shape index (κ2) is 12.8. The number of unbranched alkanes of at least 4 members (excludes halogenated alkanes) is 6. The third-order valence-electron chi connectivity index (χ3n) is 6.30. The van der Waals surface area contributed by atoms with E-state index in [2.05, 4.69) is 17.0 Å². The molecule has 0 bridgehead atoms. The molecular formula is C25H37FN2O3. The lowest BCUT2D eigenvalue weighted by Crippen LogP contribution is -2.34. The Morgan fingerprint density at radius 1 is 1.13 bits per heavy atom. The van der Waals surface area contributed by atoms with Gasteiger partial charge in [-0.25, -0.2) is 4.39 Å². The van der Waals surface area contributed by atoms with Crippen molar-refractivity contribution in [3.8, 4) is 0 Å². The minimum atomic E-state index is -0.298. The molecule has 2 aromatic rings. The smallest absolute Gasteiger partial charge is 0.305 e. The van der Waals surface area contributed by atoms with Crippen molar-refractivity contribution in [3.63, 3.8) is 0 Å². The summed E-state index contributed by atoms with van der Waals surface area (Å²) in [6.07, 6.45) is 11.9. The van der Waals surface area contributed by atoms with Crippen molar-refractivity contribution < 1.29 is 18.4 Å². The predicted octanol–water partition coefficient (Wildman–Crippen LogP) is 6.22. The van der Waals surface area contributed by atoms with Gasteiger partial charge in [0.25, 0.3) is 0 Å². The molecule has 1 aromatic heterocycles. The highest BCUT2D eigenvalue weighted by molar-refractivity contribution is 5.79. The highest BCUT2D eigenvalue weighted by atomic mass is 19.1. The molecule has 0 atom stereocenters. The molecule has 0 spiro atoms. The molecule has 31 heavy (non-hydrogen) atoms. The van der Waals surface area contributed by atoms with E-state index in [0.29, 0.717) is 24.5 Å². The average Bonchev–Trinajstić information content (AvgIpc) is 3.19. The quantitative estimate of drug-likeness (QED) is 0.278. The van der Waals surface area contributed by atoms with Gasteiger partial charge in [0, 0.05) is 30.3 Å². The van der Waals surface area contributed by atoms with Crippen molar-refractivity contribution in [3.05, 3.63) is 29.7 Å². The lowest BCUT2D eigenvalue weighted by Gasteiger charge is -2.31. The summed E-state index contributed by atoms with van der Waals surface area (Å²) in [6.45, 7) is 5.66. The monoisotopic (exact) mass is 432 g/mol. The first-order valence-corrected chi connectivity index (χ1v) is 12.1. The Labute approximate surface area is 185 Å². The first-order chi connectivity index (χ1) is 15.2. The van der Waals surface area contributed by atoms with E-state index in [1.54, 1.807) is 6.07 Å². The van der Waals surface area contributed by atoms with Gasteiger partial charge in [-0.1, -0.05) is 50.6 Å². The van der Waals surface area contributed by atoms with Crippen molar-refractivity contribution in [2.24, 2.45) is 0 Å².